The molecule has 26 heavy (non-hydrogen) atoms. The topological polar surface area (TPSA) is 115 Å². The van der Waals surface area contributed by atoms with Crippen molar-refractivity contribution in [1.29, 1.82) is 0 Å². The Morgan fingerprint density at radius 1 is 1.15 bits per heavy atom. The van der Waals surface area contributed by atoms with Gasteiger partial charge in [0.05, 0.1) is 23.0 Å². The number of hydrogen-bond acceptors (Lipinski definition) is 4. The molecule has 6 nitrogen and oxygen atoms in total. The standard InChI is InChI=1S/C20H28O6/c1-10-8-19-9-20(10,26)7-4-11(19)17(2)6-5-12(21)18(3,16(24)25)14(17)13(19)15(22)23/h11-14,21,26H,1,4-9H2,2-3H3,(H,22,23)(H,24,25)/t11-,12-,13+,14-,17-,18+,19-,20-/m0/s1. The van der Waals surface area contributed by atoms with E-state index in [0.29, 0.717) is 44.1 Å². The summed E-state index contributed by atoms with van der Waals surface area (Å²) >= 11 is 0. The van der Waals surface area contributed by atoms with Crippen molar-refractivity contribution in [1.82, 2.24) is 0 Å². The Bertz CT molecular complexity index is 717. The Labute approximate surface area is 152 Å². The molecule has 0 saturated heterocycles. The van der Waals surface area contributed by atoms with Crippen molar-refractivity contribution in [3.05, 3.63) is 12.2 Å². The molecule has 4 rings (SSSR count). The highest BCUT2D eigenvalue weighted by molar-refractivity contribution is 5.80. The van der Waals surface area contributed by atoms with Gasteiger partial charge in [-0.1, -0.05) is 13.5 Å². The first-order valence-electron chi connectivity index (χ1n) is 9.48. The first-order chi connectivity index (χ1) is 11.9. The minimum Gasteiger partial charge on any atom is -0.481 e. The second-order valence-electron chi connectivity index (χ2n) is 9.75. The average Bonchev–Trinajstić information content (AvgIpc) is 2.88. The van der Waals surface area contributed by atoms with Crippen molar-refractivity contribution in [2.24, 2.45) is 34.0 Å². The van der Waals surface area contributed by atoms with Gasteiger partial charge in [-0.15, -0.1) is 0 Å². The van der Waals surface area contributed by atoms with E-state index in [4.69, 9.17) is 0 Å². The number of carbonyl (C=O) groups is 2. The zero-order valence-corrected chi connectivity index (χ0v) is 15.4. The lowest BCUT2D eigenvalue weighted by molar-refractivity contribution is -0.181. The van der Waals surface area contributed by atoms with Crippen LogP contribution in [0.2, 0.25) is 0 Å². The Hall–Kier alpha value is -1.40. The molecule has 4 saturated carbocycles. The summed E-state index contributed by atoms with van der Waals surface area (Å²) in [5, 5.41) is 41.8. The normalized spacial score (nSPS) is 55.3. The van der Waals surface area contributed by atoms with Gasteiger partial charge in [-0.3, -0.25) is 9.59 Å². The number of carboxylic acid groups (broad SMARTS) is 2. The second-order valence-corrected chi connectivity index (χ2v) is 9.75. The maximum Gasteiger partial charge on any atom is 0.312 e. The second kappa shape index (κ2) is 4.90. The van der Waals surface area contributed by atoms with Crippen LogP contribution >= 0.6 is 0 Å². The molecular weight excluding hydrogens is 336 g/mol. The van der Waals surface area contributed by atoms with Crippen LogP contribution in [0.15, 0.2) is 12.2 Å². The molecule has 0 aromatic heterocycles. The molecule has 2 bridgehead atoms. The van der Waals surface area contributed by atoms with Gasteiger partial charge >= 0.3 is 11.9 Å². The van der Waals surface area contributed by atoms with Crippen molar-refractivity contribution >= 4 is 11.9 Å². The number of fused-ring (bicyclic) bond motifs is 3. The Morgan fingerprint density at radius 3 is 2.38 bits per heavy atom. The number of carboxylic acids is 2. The molecule has 0 aliphatic heterocycles. The monoisotopic (exact) mass is 364 g/mol. The smallest absolute Gasteiger partial charge is 0.312 e. The Kier molecular flexibility index (Phi) is 3.39. The van der Waals surface area contributed by atoms with Crippen molar-refractivity contribution in [2.45, 2.75) is 64.1 Å². The van der Waals surface area contributed by atoms with E-state index >= 15 is 0 Å². The van der Waals surface area contributed by atoms with Crippen molar-refractivity contribution in [3.8, 4) is 0 Å². The molecule has 4 aliphatic carbocycles. The highest BCUT2D eigenvalue weighted by Crippen LogP contribution is 2.78. The minimum atomic E-state index is -1.51. The van der Waals surface area contributed by atoms with Crippen LogP contribution in [0.4, 0.5) is 0 Å². The summed E-state index contributed by atoms with van der Waals surface area (Å²) in [7, 11) is 0. The molecule has 0 heterocycles. The molecule has 0 amide bonds. The average molecular weight is 364 g/mol. The molecule has 0 unspecified atom stereocenters. The van der Waals surface area contributed by atoms with E-state index in [1.165, 1.54) is 6.92 Å². The first kappa shape index (κ1) is 18.0. The third-order valence-corrected chi connectivity index (χ3v) is 8.84. The Balaban J connectivity index is 1.96. The van der Waals surface area contributed by atoms with Gasteiger partial charge in [0.2, 0.25) is 0 Å². The molecule has 8 atom stereocenters. The fourth-order valence-corrected chi connectivity index (χ4v) is 7.81. The van der Waals surface area contributed by atoms with Crippen molar-refractivity contribution in [2.75, 3.05) is 0 Å². The van der Waals surface area contributed by atoms with Gasteiger partial charge in [-0.05, 0) is 73.7 Å². The van der Waals surface area contributed by atoms with E-state index in [0.717, 1.165) is 0 Å². The van der Waals surface area contributed by atoms with Gasteiger partial charge in [0.1, 0.15) is 0 Å². The van der Waals surface area contributed by atoms with Gasteiger partial charge in [0, 0.05) is 0 Å². The third-order valence-electron chi connectivity index (χ3n) is 8.84. The summed E-state index contributed by atoms with van der Waals surface area (Å²) < 4.78 is 0. The summed E-state index contributed by atoms with van der Waals surface area (Å²) in [6, 6.07) is 0. The molecule has 144 valence electrons. The summed E-state index contributed by atoms with van der Waals surface area (Å²) in [6.07, 6.45) is 1.92. The van der Waals surface area contributed by atoms with Gasteiger partial charge in [-0.2, -0.15) is 0 Å². The molecule has 0 aromatic rings. The first-order valence-corrected chi connectivity index (χ1v) is 9.48. The third kappa shape index (κ3) is 1.75. The molecule has 4 N–H and O–H groups in total. The zero-order chi connectivity index (χ0) is 19.3. The number of aliphatic carboxylic acids is 2. The van der Waals surface area contributed by atoms with Crippen LogP contribution < -0.4 is 0 Å². The molecule has 4 fully saturated rings. The van der Waals surface area contributed by atoms with Crippen LogP contribution in [0.5, 0.6) is 0 Å². The number of hydrogen-bond donors (Lipinski definition) is 4. The number of rotatable bonds is 2. The molecule has 4 aliphatic rings. The summed E-state index contributed by atoms with van der Waals surface area (Å²) in [5.74, 6) is -3.70. The molecule has 0 radical (unpaired) electrons. The van der Waals surface area contributed by atoms with E-state index in [1.54, 1.807) is 0 Å². The van der Waals surface area contributed by atoms with Gasteiger partial charge in [-0.25, -0.2) is 0 Å². The molecule has 6 heteroatoms. The molecular formula is C20H28O6. The number of aliphatic hydroxyl groups is 2. The van der Waals surface area contributed by atoms with Gasteiger partial charge in [0.25, 0.3) is 0 Å². The zero-order valence-electron chi connectivity index (χ0n) is 15.4. The van der Waals surface area contributed by atoms with Crippen LogP contribution in [0, 0.1) is 34.0 Å². The van der Waals surface area contributed by atoms with Gasteiger partial charge < -0.3 is 20.4 Å². The van der Waals surface area contributed by atoms with E-state index < -0.39 is 51.7 Å². The fourth-order valence-electron chi connectivity index (χ4n) is 7.81. The van der Waals surface area contributed by atoms with E-state index in [-0.39, 0.29) is 5.92 Å². The summed E-state index contributed by atoms with van der Waals surface area (Å²) in [5.41, 5.74) is -3.01. The van der Waals surface area contributed by atoms with E-state index in [2.05, 4.69) is 6.58 Å². The minimum absolute atomic E-state index is 0.0202. The molecule has 1 spiro atoms. The predicted octanol–water partition coefficient (Wildman–Crippen LogP) is 2.05. The molecule has 0 aromatic carbocycles. The summed E-state index contributed by atoms with van der Waals surface area (Å²) in [6.45, 7) is 7.57. The lowest BCUT2D eigenvalue weighted by atomic mass is 9.52. The maximum atomic E-state index is 12.5. The lowest BCUT2D eigenvalue weighted by Crippen LogP contribution is -2.57. The summed E-state index contributed by atoms with van der Waals surface area (Å²) in [4.78, 5) is 24.7. The Morgan fingerprint density at radius 2 is 1.81 bits per heavy atom. The predicted molar refractivity (Wildman–Crippen MR) is 92.2 cm³/mol. The maximum absolute atomic E-state index is 12.5. The lowest BCUT2D eigenvalue weighted by Gasteiger charge is -2.52. The van der Waals surface area contributed by atoms with E-state index in [1.807, 2.05) is 6.92 Å². The highest BCUT2D eigenvalue weighted by atomic mass is 16.4. The van der Waals surface area contributed by atoms with Crippen LogP contribution in [-0.2, 0) is 9.59 Å². The quantitative estimate of drug-likeness (QED) is 0.558. The fraction of sp³-hybridized carbons (Fsp3) is 0.800. The van der Waals surface area contributed by atoms with Crippen LogP contribution in [0.3, 0.4) is 0 Å². The van der Waals surface area contributed by atoms with Gasteiger partial charge in [0.15, 0.2) is 0 Å². The van der Waals surface area contributed by atoms with E-state index in [9.17, 15) is 30.0 Å². The SMILES string of the molecule is C=C1C[C@]23C[C@@]1(O)CC[C@H]2[C@]1(C)CC[C@H](O)[C@@](C)(C(=O)O)[C@H]1[C@@H]3C(=O)O. The number of aliphatic hydroxyl groups excluding tert-OH is 1. The van der Waals surface area contributed by atoms with Crippen molar-refractivity contribution < 1.29 is 30.0 Å². The highest BCUT2D eigenvalue weighted by Gasteiger charge is 2.78. The van der Waals surface area contributed by atoms with Crippen LogP contribution in [0.25, 0.3) is 0 Å². The van der Waals surface area contributed by atoms with Crippen LogP contribution in [0.1, 0.15) is 52.4 Å². The van der Waals surface area contributed by atoms with Crippen LogP contribution in [-0.4, -0.2) is 44.1 Å². The largest absolute Gasteiger partial charge is 0.481 e. The van der Waals surface area contributed by atoms with Crippen molar-refractivity contribution in [3.63, 3.8) is 0 Å².